The Bertz CT molecular complexity index is 1620. The third kappa shape index (κ3) is 4.46. The van der Waals surface area contributed by atoms with Gasteiger partial charge < -0.3 is 19.3 Å². The zero-order chi connectivity index (χ0) is 24.9. The number of amides is 1. The Kier molecular flexibility index (Phi) is 5.72. The van der Waals surface area contributed by atoms with Crippen LogP contribution in [0.15, 0.2) is 56.3 Å². The molecule has 35 heavy (non-hydrogen) atoms. The Hall–Kier alpha value is -3.50. The van der Waals surface area contributed by atoms with Crippen molar-refractivity contribution < 1.29 is 31.5 Å². The molecular weight excluding hydrogens is 477 g/mol. The minimum absolute atomic E-state index is 0.0742. The van der Waals surface area contributed by atoms with E-state index in [1.807, 2.05) is 6.07 Å². The normalized spacial score (nSPS) is 19.4. The van der Waals surface area contributed by atoms with E-state index in [1.165, 1.54) is 12.1 Å². The molecule has 10 heteroatoms. The minimum atomic E-state index is -3.39. The fourth-order valence-corrected chi connectivity index (χ4v) is 6.28. The smallest absolute Gasteiger partial charge is 0.339 e. The van der Waals surface area contributed by atoms with Gasteiger partial charge in [0, 0.05) is 34.4 Å². The van der Waals surface area contributed by atoms with Crippen molar-refractivity contribution in [1.29, 1.82) is 0 Å². The van der Waals surface area contributed by atoms with E-state index in [0.29, 0.717) is 27.7 Å². The van der Waals surface area contributed by atoms with Crippen LogP contribution in [0.5, 0.6) is 0 Å². The van der Waals surface area contributed by atoms with Crippen LogP contribution < -0.4 is 10.9 Å². The maximum atomic E-state index is 13.3. The van der Waals surface area contributed by atoms with Crippen molar-refractivity contribution in [3.8, 4) is 11.1 Å². The van der Waals surface area contributed by atoms with E-state index in [4.69, 9.17) is 8.83 Å². The average Bonchev–Trinajstić information content (AvgIpc) is 3.31. The van der Waals surface area contributed by atoms with Gasteiger partial charge in [-0.15, -0.1) is 0 Å². The van der Waals surface area contributed by atoms with Gasteiger partial charge in [0.05, 0.1) is 29.9 Å². The second kappa shape index (κ2) is 8.62. The van der Waals surface area contributed by atoms with Crippen molar-refractivity contribution in [1.82, 2.24) is 5.32 Å². The number of benzene rings is 2. The number of fused-ring (bicyclic) bond motifs is 2. The molecule has 0 bridgehead atoms. The third-order valence-corrected chi connectivity index (χ3v) is 8.12. The van der Waals surface area contributed by atoms with E-state index in [0.717, 1.165) is 16.5 Å². The first kappa shape index (κ1) is 23.3. The van der Waals surface area contributed by atoms with Crippen molar-refractivity contribution in [2.45, 2.75) is 31.9 Å². The van der Waals surface area contributed by atoms with Gasteiger partial charge >= 0.3 is 5.63 Å². The van der Waals surface area contributed by atoms with Crippen LogP contribution in [-0.4, -0.2) is 43.1 Å². The zero-order valence-electron chi connectivity index (χ0n) is 18.7. The molecule has 1 aliphatic rings. The van der Waals surface area contributed by atoms with Crippen LogP contribution in [0, 0.1) is 12.7 Å². The molecule has 2 aromatic carbocycles. The predicted octanol–water partition coefficient (Wildman–Crippen LogP) is 2.86. The summed E-state index contributed by atoms with van der Waals surface area (Å²) in [5.41, 5.74) is 2.80. The molecule has 0 spiro atoms. The SMILES string of the molecule is Cc1c(CCC(=O)NC2CS(=O)(=O)CC2O)c(=O)oc2cc3occ(-c4ccc(F)cc4)c3cc12. The summed E-state index contributed by atoms with van der Waals surface area (Å²) >= 11 is 0. The minimum Gasteiger partial charge on any atom is -0.464 e. The predicted molar refractivity (Wildman–Crippen MR) is 127 cm³/mol. The van der Waals surface area contributed by atoms with Crippen LogP contribution in [0.3, 0.4) is 0 Å². The fourth-order valence-electron chi connectivity index (χ4n) is 4.54. The second-order valence-electron chi connectivity index (χ2n) is 8.81. The molecular formula is C25H22FNO7S. The molecule has 8 nitrogen and oxygen atoms in total. The number of aliphatic hydroxyl groups is 1. The molecule has 2 unspecified atom stereocenters. The van der Waals surface area contributed by atoms with Gasteiger partial charge in [-0.25, -0.2) is 17.6 Å². The van der Waals surface area contributed by atoms with Crippen molar-refractivity contribution in [2.24, 2.45) is 0 Å². The number of carbonyl (C=O) groups excluding carboxylic acids is 1. The van der Waals surface area contributed by atoms with Crippen LogP contribution in [0.4, 0.5) is 4.39 Å². The van der Waals surface area contributed by atoms with Gasteiger partial charge in [-0.05, 0) is 42.7 Å². The monoisotopic (exact) mass is 499 g/mol. The largest absolute Gasteiger partial charge is 0.464 e. The number of halogens is 1. The summed E-state index contributed by atoms with van der Waals surface area (Å²) < 4.78 is 47.8. The molecule has 1 saturated heterocycles. The molecule has 2 aromatic heterocycles. The van der Waals surface area contributed by atoms with Crippen molar-refractivity contribution in [2.75, 3.05) is 11.5 Å². The molecule has 5 rings (SSSR count). The Morgan fingerprint density at radius 2 is 1.89 bits per heavy atom. The fraction of sp³-hybridized carbons (Fsp3) is 0.280. The summed E-state index contributed by atoms with van der Waals surface area (Å²) in [4.78, 5) is 25.1. The van der Waals surface area contributed by atoms with Gasteiger partial charge in [0.15, 0.2) is 9.84 Å². The van der Waals surface area contributed by atoms with E-state index < -0.39 is 33.5 Å². The van der Waals surface area contributed by atoms with Gasteiger partial charge in [0.1, 0.15) is 17.0 Å². The number of nitrogens with one attached hydrogen (secondary N) is 1. The highest BCUT2D eigenvalue weighted by Crippen LogP contribution is 2.34. The lowest BCUT2D eigenvalue weighted by Gasteiger charge is -2.15. The highest BCUT2D eigenvalue weighted by Gasteiger charge is 2.37. The molecule has 182 valence electrons. The number of carbonyl (C=O) groups is 1. The zero-order valence-corrected chi connectivity index (χ0v) is 19.5. The Morgan fingerprint density at radius 1 is 1.14 bits per heavy atom. The lowest BCUT2D eigenvalue weighted by Crippen LogP contribution is -2.42. The number of sulfone groups is 1. The summed E-state index contributed by atoms with van der Waals surface area (Å²) in [6, 6.07) is 8.64. The Morgan fingerprint density at radius 3 is 2.57 bits per heavy atom. The molecule has 2 N–H and O–H groups in total. The molecule has 3 heterocycles. The highest BCUT2D eigenvalue weighted by molar-refractivity contribution is 7.91. The van der Waals surface area contributed by atoms with Gasteiger partial charge in [-0.2, -0.15) is 0 Å². The molecule has 1 fully saturated rings. The number of rotatable bonds is 5. The quantitative estimate of drug-likeness (QED) is 0.404. The highest BCUT2D eigenvalue weighted by atomic mass is 32.2. The van der Waals surface area contributed by atoms with Crippen LogP contribution in [0.2, 0.25) is 0 Å². The van der Waals surface area contributed by atoms with Crippen molar-refractivity contribution in [3.05, 3.63) is 70.0 Å². The number of aliphatic hydroxyl groups excluding tert-OH is 1. The summed E-state index contributed by atoms with van der Waals surface area (Å²) in [6.45, 7) is 1.77. The lowest BCUT2D eigenvalue weighted by molar-refractivity contribution is -0.122. The second-order valence-corrected chi connectivity index (χ2v) is 11.0. The van der Waals surface area contributed by atoms with E-state index in [2.05, 4.69) is 5.32 Å². The number of furan rings is 1. The van der Waals surface area contributed by atoms with Crippen LogP contribution >= 0.6 is 0 Å². The van der Waals surface area contributed by atoms with Gasteiger partial charge in [-0.1, -0.05) is 12.1 Å². The first-order valence-corrected chi connectivity index (χ1v) is 12.8. The van der Waals surface area contributed by atoms with Crippen molar-refractivity contribution in [3.63, 3.8) is 0 Å². The number of aryl methyl sites for hydroxylation is 1. The first-order valence-electron chi connectivity index (χ1n) is 11.0. The van der Waals surface area contributed by atoms with E-state index in [1.54, 1.807) is 31.4 Å². The molecule has 0 radical (unpaired) electrons. The molecule has 0 saturated carbocycles. The van der Waals surface area contributed by atoms with E-state index >= 15 is 0 Å². The van der Waals surface area contributed by atoms with Gasteiger partial charge in [0.25, 0.3) is 0 Å². The van der Waals surface area contributed by atoms with Gasteiger partial charge in [0.2, 0.25) is 5.91 Å². The molecule has 0 aliphatic carbocycles. The van der Waals surface area contributed by atoms with Crippen LogP contribution in [0.25, 0.3) is 33.1 Å². The van der Waals surface area contributed by atoms with E-state index in [-0.39, 0.29) is 30.2 Å². The third-order valence-electron chi connectivity index (χ3n) is 6.41. The maximum absolute atomic E-state index is 13.3. The van der Waals surface area contributed by atoms with E-state index in [9.17, 15) is 27.5 Å². The summed E-state index contributed by atoms with van der Waals surface area (Å²) in [7, 11) is -3.39. The van der Waals surface area contributed by atoms with Crippen molar-refractivity contribution >= 4 is 37.7 Å². The summed E-state index contributed by atoms with van der Waals surface area (Å²) in [6.07, 6.45) is 0.422. The molecule has 2 atom stereocenters. The summed E-state index contributed by atoms with van der Waals surface area (Å²) in [5, 5.41) is 13.8. The summed E-state index contributed by atoms with van der Waals surface area (Å²) in [5.74, 6) is -1.50. The number of hydrogen-bond donors (Lipinski definition) is 2. The molecule has 1 aliphatic heterocycles. The molecule has 4 aromatic rings. The Balaban J connectivity index is 1.43. The molecule has 1 amide bonds. The topological polar surface area (TPSA) is 127 Å². The number of hydrogen-bond acceptors (Lipinski definition) is 7. The maximum Gasteiger partial charge on any atom is 0.339 e. The standard InChI is InChI=1S/C25H22FNO7S/c1-13-16(6-7-24(29)27-20-11-35(31,32)12-21(20)28)25(30)34-23-9-22-18(8-17(13)23)19(10-33-22)14-2-4-15(26)5-3-14/h2-5,8-10,20-21,28H,6-7,11-12H2,1H3,(H,27,29). The van der Waals surface area contributed by atoms with Crippen LogP contribution in [-0.2, 0) is 21.1 Å². The van der Waals surface area contributed by atoms with Gasteiger partial charge in [-0.3, -0.25) is 4.79 Å². The lowest BCUT2D eigenvalue weighted by atomic mass is 9.99. The Labute approximate surface area is 199 Å². The average molecular weight is 500 g/mol. The van der Waals surface area contributed by atoms with Crippen LogP contribution in [0.1, 0.15) is 17.5 Å². The first-order chi connectivity index (χ1) is 16.6.